The number of ether oxygens (including phenoxy) is 2. The Labute approximate surface area is 215 Å². The van der Waals surface area contributed by atoms with Crippen LogP contribution in [0.15, 0.2) is 47.1 Å². The van der Waals surface area contributed by atoms with Crippen LogP contribution in [-0.4, -0.2) is 60.7 Å². The van der Waals surface area contributed by atoms with E-state index >= 15 is 0 Å². The summed E-state index contributed by atoms with van der Waals surface area (Å²) < 4.78 is 16.4. The van der Waals surface area contributed by atoms with E-state index in [4.69, 9.17) is 18.9 Å². The smallest absolute Gasteiger partial charge is 0.330 e. The number of aryl methyl sites for hydroxylation is 1. The molecule has 0 spiro atoms. The van der Waals surface area contributed by atoms with Crippen LogP contribution >= 0.6 is 0 Å². The van der Waals surface area contributed by atoms with Crippen LogP contribution in [0, 0.1) is 18.3 Å². The van der Waals surface area contributed by atoms with Gasteiger partial charge in [-0.15, -0.1) is 0 Å². The molecule has 0 aliphatic carbocycles. The maximum absolute atomic E-state index is 13.4. The Morgan fingerprint density at radius 3 is 2.70 bits per heavy atom. The van der Waals surface area contributed by atoms with E-state index in [2.05, 4.69) is 6.07 Å². The number of amides is 1. The minimum absolute atomic E-state index is 0.159. The van der Waals surface area contributed by atoms with E-state index in [0.717, 1.165) is 22.4 Å². The third-order valence-electron chi connectivity index (χ3n) is 6.88. The van der Waals surface area contributed by atoms with Crippen LogP contribution in [0.5, 0.6) is 0 Å². The van der Waals surface area contributed by atoms with Crippen molar-refractivity contribution < 1.29 is 23.5 Å². The third-order valence-corrected chi connectivity index (χ3v) is 6.88. The maximum atomic E-state index is 13.4. The lowest BCUT2D eigenvalue weighted by Gasteiger charge is -2.41. The lowest BCUT2D eigenvalue weighted by molar-refractivity contribution is -0.148. The molecular weight excluding hydrogens is 472 g/mol. The first-order valence-electron chi connectivity index (χ1n) is 12.4. The molecule has 9 heteroatoms. The van der Waals surface area contributed by atoms with Gasteiger partial charge in [-0.05, 0) is 31.9 Å². The normalized spacial score (nSPS) is 17.2. The Bertz CT molecular complexity index is 1360. The number of nitrogens with zero attached hydrogens (tertiary/aromatic N) is 4. The van der Waals surface area contributed by atoms with Gasteiger partial charge in [-0.1, -0.05) is 30.3 Å². The molecule has 0 saturated carbocycles. The number of carbonyl (C=O) groups excluding carboxylic acids is 2. The van der Waals surface area contributed by atoms with E-state index in [1.807, 2.05) is 35.2 Å². The Kier molecular flexibility index (Phi) is 6.93. The highest BCUT2D eigenvalue weighted by atomic mass is 16.5. The SMILES string of the molecule is CCOC(=O)C1CN(c2nc(-c3ccccc3)c3c(c2C#N)CCOC3)CCN1C(=O)c1ccoc1C. The second-order valence-corrected chi connectivity index (χ2v) is 9.00. The first kappa shape index (κ1) is 24.5. The maximum Gasteiger partial charge on any atom is 0.330 e. The number of piperazine rings is 1. The summed E-state index contributed by atoms with van der Waals surface area (Å²) >= 11 is 0. The van der Waals surface area contributed by atoms with Gasteiger partial charge in [0.1, 0.15) is 23.7 Å². The zero-order valence-corrected chi connectivity index (χ0v) is 20.9. The molecule has 1 unspecified atom stereocenters. The Morgan fingerprint density at radius 1 is 1.19 bits per heavy atom. The highest BCUT2D eigenvalue weighted by Crippen LogP contribution is 2.36. The van der Waals surface area contributed by atoms with Crippen LogP contribution < -0.4 is 4.90 Å². The molecule has 2 aliphatic rings. The number of fused-ring (bicyclic) bond motifs is 1. The summed E-state index contributed by atoms with van der Waals surface area (Å²) in [6, 6.07) is 12.9. The minimum atomic E-state index is -0.858. The van der Waals surface area contributed by atoms with Crippen molar-refractivity contribution in [1.82, 2.24) is 9.88 Å². The van der Waals surface area contributed by atoms with Crippen LogP contribution in [0.1, 0.15) is 39.7 Å². The third kappa shape index (κ3) is 4.56. The average Bonchev–Trinajstić information content (AvgIpc) is 3.37. The number of carbonyl (C=O) groups is 2. The van der Waals surface area contributed by atoms with Gasteiger partial charge in [0, 0.05) is 24.2 Å². The summed E-state index contributed by atoms with van der Waals surface area (Å²) in [5, 5.41) is 10.2. The number of hydrogen-bond acceptors (Lipinski definition) is 8. The molecule has 190 valence electrons. The van der Waals surface area contributed by atoms with Crippen LogP contribution in [0.3, 0.4) is 0 Å². The largest absolute Gasteiger partial charge is 0.469 e. The molecule has 2 aliphatic heterocycles. The molecule has 0 bridgehead atoms. The minimum Gasteiger partial charge on any atom is -0.469 e. The topological polar surface area (TPSA) is 109 Å². The number of benzene rings is 1. The van der Waals surface area contributed by atoms with Crippen LogP contribution in [-0.2, 0) is 27.3 Å². The van der Waals surface area contributed by atoms with E-state index in [0.29, 0.717) is 48.9 Å². The fourth-order valence-corrected chi connectivity index (χ4v) is 5.04. The molecule has 9 nitrogen and oxygen atoms in total. The predicted molar refractivity (Wildman–Crippen MR) is 135 cm³/mol. The first-order chi connectivity index (χ1) is 18.0. The Morgan fingerprint density at radius 2 is 2.00 bits per heavy atom. The summed E-state index contributed by atoms with van der Waals surface area (Å²) in [5.74, 6) is 0.232. The lowest BCUT2D eigenvalue weighted by atomic mass is 9.93. The number of rotatable bonds is 5. The van der Waals surface area contributed by atoms with Gasteiger partial charge in [0.05, 0.1) is 49.4 Å². The van der Waals surface area contributed by atoms with Crippen molar-refractivity contribution in [3.8, 4) is 17.3 Å². The molecule has 4 heterocycles. The molecule has 1 aromatic carbocycles. The number of aromatic nitrogens is 1. The van der Waals surface area contributed by atoms with Gasteiger partial charge in [-0.2, -0.15) is 5.26 Å². The van der Waals surface area contributed by atoms with Crippen molar-refractivity contribution in [2.24, 2.45) is 0 Å². The first-order valence-corrected chi connectivity index (χ1v) is 12.4. The monoisotopic (exact) mass is 500 g/mol. The van der Waals surface area contributed by atoms with Crippen molar-refractivity contribution in [2.75, 3.05) is 37.7 Å². The van der Waals surface area contributed by atoms with Crippen LogP contribution in [0.25, 0.3) is 11.3 Å². The molecule has 1 fully saturated rings. The van der Waals surface area contributed by atoms with Crippen molar-refractivity contribution in [3.63, 3.8) is 0 Å². The van der Waals surface area contributed by atoms with Crippen LogP contribution in [0.4, 0.5) is 5.82 Å². The van der Waals surface area contributed by atoms with E-state index in [1.165, 1.54) is 11.2 Å². The highest BCUT2D eigenvalue weighted by molar-refractivity contribution is 5.98. The van der Waals surface area contributed by atoms with E-state index in [9.17, 15) is 14.9 Å². The van der Waals surface area contributed by atoms with Crippen molar-refractivity contribution in [2.45, 2.75) is 32.9 Å². The van der Waals surface area contributed by atoms with E-state index < -0.39 is 12.0 Å². The van der Waals surface area contributed by atoms with Crippen LogP contribution in [0.2, 0.25) is 0 Å². The Balaban J connectivity index is 1.56. The number of furan rings is 1. The molecular formula is C28H28N4O5. The molecule has 3 aromatic rings. The molecule has 0 N–H and O–H groups in total. The van der Waals surface area contributed by atoms with E-state index in [1.54, 1.807) is 19.9 Å². The molecule has 1 saturated heterocycles. The molecule has 37 heavy (non-hydrogen) atoms. The molecule has 1 atom stereocenters. The summed E-state index contributed by atoms with van der Waals surface area (Å²) in [6.45, 7) is 5.39. The Hall–Kier alpha value is -4.16. The van der Waals surface area contributed by atoms with Gasteiger partial charge in [0.15, 0.2) is 0 Å². The van der Waals surface area contributed by atoms with Gasteiger partial charge in [0.2, 0.25) is 0 Å². The quantitative estimate of drug-likeness (QED) is 0.490. The summed E-state index contributed by atoms with van der Waals surface area (Å²) in [6.07, 6.45) is 2.07. The molecule has 5 rings (SSSR count). The standard InChI is InChI=1S/C28H28N4O5/c1-3-36-28(34)24-16-31(11-12-32(24)27(33)20-10-14-37-18(20)2)26-22(15-29)21-9-13-35-17-23(21)25(30-26)19-7-5-4-6-8-19/h4-8,10,14,24H,3,9,11-13,16-17H2,1-2H3. The number of esters is 1. The number of nitriles is 1. The molecule has 1 amide bonds. The predicted octanol–water partition coefficient (Wildman–Crippen LogP) is 3.49. The summed E-state index contributed by atoms with van der Waals surface area (Å²) in [4.78, 5) is 34.8. The molecule has 2 aromatic heterocycles. The van der Waals surface area contributed by atoms with Gasteiger partial charge >= 0.3 is 5.97 Å². The zero-order chi connectivity index (χ0) is 25.9. The van der Waals surface area contributed by atoms with Crippen molar-refractivity contribution in [3.05, 3.63) is 70.7 Å². The fourth-order valence-electron chi connectivity index (χ4n) is 5.04. The number of hydrogen-bond donors (Lipinski definition) is 0. The lowest BCUT2D eigenvalue weighted by Crippen LogP contribution is -2.59. The van der Waals surface area contributed by atoms with Gasteiger partial charge < -0.3 is 23.7 Å². The second-order valence-electron chi connectivity index (χ2n) is 9.00. The van der Waals surface area contributed by atoms with E-state index in [-0.39, 0.29) is 25.6 Å². The fraction of sp³-hybridized carbons (Fsp3) is 0.357. The second kappa shape index (κ2) is 10.4. The van der Waals surface area contributed by atoms with Gasteiger partial charge in [-0.25, -0.2) is 9.78 Å². The van der Waals surface area contributed by atoms with Crippen molar-refractivity contribution in [1.29, 1.82) is 5.26 Å². The number of anilines is 1. The van der Waals surface area contributed by atoms with Gasteiger partial charge in [0.25, 0.3) is 5.91 Å². The zero-order valence-electron chi connectivity index (χ0n) is 20.9. The summed E-state index contributed by atoms with van der Waals surface area (Å²) in [7, 11) is 0. The van der Waals surface area contributed by atoms with Crippen molar-refractivity contribution >= 4 is 17.7 Å². The summed E-state index contributed by atoms with van der Waals surface area (Å²) in [5.41, 5.74) is 4.46. The van der Waals surface area contributed by atoms with Gasteiger partial charge in [-0.3, -0.25) is 4.79 Å². The molecule has 0 radical (unpaired) electrons. The average molecular weight is 501 g/mol. The number of pyridine rings is 1. The highest BCUT2D eigenvalue weighted by Gasteiger charge is 2.39.